The summed E-state index contributed by atoms with van der Waals surface area (Å²) < 4.78 is 117. The minimum atomic E-state index is -5.83. The first kappa shape index (κ1) is 20.6. The van der Waals surface area contributed by atoms with E-state index in [1.807, 2.05) is 0 Å². The van der Waals surface area contributed by atoms with Gasteiger partial charge in [-0.3, -0.25) is 0 Å². The molecule has 2 N–H and O–H groups in total. The van der Waals surface area contributed by atoms with Gasteiger partial charge in [0, 0.05) is 6.04 Å². The molecule has 0 aliphatic carbocycles. The van der Waals surface area contributed by atoms with Gasteiger partial charge in [-0.25, -0.2) is 0 Å². The molecule has 0 fully saturated rings. The van der Waals surface area contributed by atoms with Gasteiger partial charge < -0.3 is 5.73 Å². The van der Waals surface area contributed by atoms with E-state index in [1.54, 1.807) is 0 Å². The van der Waals surface area contributed by atoms with Crippen LogP contribution in [0, 0.1) is 5.41 Å². The zero-order valence-corrected chi connectivity index (χ0v) is 12.7. The van der Waals surface area contributed by atoms with Crippen LogP contribution in [0.4, 0.5) is 39.5 Å². The summed E-state index contributed by atoms with van der Waals surface area (Å²) in [6.45, 7) is 4.32. The number of nitrogens with two attached hydrogens (primary N) is 1. The SMILES string of the molecule is CC(C)(C)C(N)c1cc(C(F)(F)F)c(C(F)(F)F)c(C(F)(F)F)c1. The molecule has 0 aliphatic rings. The van der Waals surface area contributed by atoms with Crippen molar-refractivity contribution in [3.05, 3.63) is 34.4 Å². The first-order valence-corrected chi connectivity index (χ1v) is 6.52. The molecule has 138 valence electrons. The van der Waals surface area contributed by atoms with Crippen molar-refractivity contribution in [2.24, 2.45) is 11.1 Å². The number of hydrogen-bond donors (Lipinski definition) is 1. The van der Waals surface area contributed by atoms with Crippen molar-refractivity contribution in [3.63, 3.8) is 0 Å². The number of alkyl halides is 9. The molecule has 0 aromatic heterocycles. The van der Waals surface area contributed by atoms with Crippen molar-refractivity contribution in [3.8, 4) is 0 Å². The third-order valence-electron chi connectivity index (χ3n) is 3.35. The van der Waals surface area contributed by atoms with E-state index in [9.17, 15) is 39.5 Å². The van der Waals surface area contributed by atoms with Crippen LogP contribution in [0.3, 0.4) is 0 Å². The highest BCUT2D eigenvalue weighted by Crippen LogP contribution is 2.48. The fourth-order valence-corrected chi connectivity index (χ4v) is 2.10. The van der Waals surface area contributed by atoms with E-state index in [-0.39, 0.29) is 12.1 Å². The molecule has 1 aromatic carbocycles. The smallest absolute Gasteiger partial charge is 0.324 e. The Hall–Kier alpha value is -1.45. The number of hydrogen-bond acceptors (Lipinski definition) is 1. The second kappa shape index (κ2) is 5.82. The summed E-state index contributed by atoms with van der Waals surface area (Å²) in [6.07, 6.45) is -17.1. The molecule has 0 saturated heterocycles. The van der Waals surface area contributed by atoms with Gasteiger partial charge in [0.2, 0.25) is 0 Å². The average molecular weight is 367 g/mol. The van der Waals surface area contributed by atoms with E-state index in [2.05, 4.69) is 0 Å². The molecule has 0 heterocycles. The molecule has 1 atom stereocenters. The maximum Gasteiger partial charge on any atom is 0.417 e. The molecule has 1 rings (SSSR count). The summed E-state index contributed by atoms with van der Waals surface area (Å²) in [4.78, 5) is 0. The summed E-state index contributed by atoms with van der Waals surface area (Å²) in [7, 11) is 0. The minimum Gasteiger partial charge on any atom is -0.324 e. The molecule has 0 radical (unpaired) electrons. The van der Waals surface area contributed by atoms with Crippen molar-refractivity contribution in [1.29, 1.82) is 0 Å². The minimum absolute atomic E-state index is 0.0357. The van der Waals surface area contributed by atoms with Crippen molar-refractivity contribution < 1.29 is 39.5 Å². The lowest BCUT2D eigenvalue weighted by atomic mass is 9.81. The standard InChI is InChI=1S/C14H14F9N/c1-11(2,3)10(24)6-4-7(12(15,16)17)9(14(21,22)23)8(5-6)13(18,19)20/h4-5,10H,24H2,1-3H3. The molecule has 1 unspecified atom stereocenters. The number of benzene rings is 1. The van der Waals surface area contributed by atoms with Crippen molar-refractivity contribution >= 4 is 0 Å². The monoisotopic (exact) mass is 367 g/mol. The normalized spacial score (nSPS) is 15.5. The molecular weight excluding hydrogens is 353 g/mol. The summed E-state index contributed by atoms with van der Waals surface area (Å²) in [5.41, 5.74) is -3.56. The van der Waals surface area contributed by atoms with Crippen LogP contribution in [0.2, 0.25) is 0 Å². The fraction of sp³-hybridized carbons (Fsp3) is 0.571. The van der Waals surface area contributed by atoms with Gasteiger partial charge in [0.05, 0.1) is 16.7 Å². The van der Waals surface area contributed by atoms with E-state index < -0.39 is 52.2 Å². The topological polar surface area (TPSA) is 26.0 Å². The second-order valence-corrected chi connectivity index (χ2v) is 6.33. The Morgan fingerprint density at radius 1 is 0.708 bits per heavy atom. The Morgan fingerprint density at radius 2 is 1.04 bits per heavy atom. The predicted molar refractivity (Wildman–Crippen MR) is 67.8 cm³/mol. The summed E-state index contributed by atoms with van der Waals surface area (Å²) in [5.74, 6) is 0. The molecule has 0 saturated carbocycles. The van der Waals surface area contributed by atoms with Crippen LogP contribution in [-0.4, -0.2) is 0 Å². The lowest BCUT2D eigenvalue weighted by molar-refractivity contribution is -0.174. The molecule has 0 amide bonds. The van der Waals surface area contributed by atoms with Gasteiger partial charge in [-0.2, -0.15) is 39.5 Å². The lowest BCUT2D eigenvalue weighted by Gasteiger charge is -2.30. The Kier molecular flexibility index (Phi) is 4.99. The van der Waals surface area contributed by atoms with Crippen LogP contribution >= 0.6 is 0 Å². The van der Waals surface area contributed by atoms with Crippen LogP contribution in [-0.2, 0) is 18.5 Å². The maximum atomic E-state index is 13.0. The summed E-state index contributed by atoms with van der Waals surface area (Å²) in [5, 5.41) is 0. The first-order chi connectivity index (χ1) is 10.4. The van der Waals surface area contributed by atoms with Gasteiger partial charge in [-0.15, -0.1) is 0 Å². The van der Waals surface area contributed by atoms with E-state index >= 15 is 0 Å². The van der Waals surface area contributed by atoms with Crippen LogP contribution in [0.15, 0.2) is 12.1 Å². The Labute approximate surface area is 131 Å². The summed E-state index contributed by atoms with van der Waals surface area (Å²) in [6, 6.07) is -1.26. The van der Waals surface area contributed by atoms with Crippen molar-refractivity contribution in [2.45, 2.75) is 45.3 Å². The van der Waals surface area contributed by atoms with E-state index in [4.69, 9.17) is 5.73 Å². The van der Waals surface area contributed by atoms with Crippen LogP contribution < -0.4 is 5.73 Å². The van der Waals surface area contributed by atoms with E-state index in [1.165, 1.54) is 20.8 Å². The van der Waals surface area contributed by atoms with Gasteiger partial charge in [0.25, 0.3) is 0 Å². The average Bonchev–Trinajstić information content (AvgIpc) is 2.31. The first-order valence-electron chi connectivity index (χ1n) is 6.52. The predicted octanol–water partition coefficient (Wildman–Crippen LogP) is 5.79. The zero-order chi connectivity index (χ0) is 19.3. The van der Waals surface area contributed by atoms with Crippen LogP contribution in [0.5, 0.6) is 0 Å². The van der Waals surface area contributed by atoms with E-state index in [0.717, 1.165) is 0 Å². The van der Waals surface area contributed by atoms with Gasteiger partial charge in [0.1, 0.15) is 0 Å². The third-order valence-corrected chi connectivity index (χ3v) is 3.35. The molecule has 0 bridgehead atoms. The maximum absolute atomic E-state index is 13.0. The Bertz CT molecular complexity index is 568. The van der Waals surface area contributed by atoms with E-state index in [0.29, 0.717) is 0 Å². The van der Waals surface area contributed by atoms with Gasteiger partial charge in [-0.1, -0.05) is 20.8 Å². The third kappa shape index (κ3) is 4.34. The molecule has 1 aromatic rings. The fourth-order valence-electron chi connectivity index (χ4n) is 2.10. The molecule has 0 spiro atoms. The highest BCUT2D eigenvalue weighted by Gasteiger charge is 2.50. The van der Waals surface area contributed by atoms with Crippen molar-refractivity contribution in [2.75, 3.05) is 0 Å². The van der Waals surface area contributed by atoms with Gasteiger partial charge in [-0.05, 0) is 23.1 Å². The quantitative estimate of drug-likeness (QED) is 0.625. The van der Waals surface area contributed by atoms with Crippen LogP contribution in [0.25, 0.3) is 0 Å². The molecule has 10 heteroatoms. The molecule has 0 aliphatic heterocycles. The van der Waals surface area contributed by atoms with Crippen LogP contribution in [0.1, 0.15) is 49.1 Å². The molecule has 1 nitrogen and oxygen atoms in total. The largest absolute Gasteiger partial charge is 0.417 e. The Balaban J connectivity index is 3.91. The highest BCUT2D eigenvalue weighted by atomic mass is 19.4. The summed E-state index contributed by atoms with van der Waals surface area (Å²) >= 11 is 0. The Morgan fingerprint density at radius 3 is 1.25 bits per heavy atom. The highest BCUT2D eigenvalue weighted by molar-refractivity contribution is 5.45. The van der Waals surface area contributed by atoms with Crippen molar-refractivity contribution in [1.82, 2.24) is 0 Å². The lowest BCUT2D eigenvalue weighted by Crippen LogP contribution is -2.29. The zero-order valence-electron chi connectivity index (χ0n) is 12.7. The van der Waals surface area contributed by atoms with Gasteiger partial charge in [0.15, 0.2) is 0 Å². The number of rotatable bonds is 1. The van der Waals surface area contributed by atoms with Gasteiger partial charge >= 0.3 is 18.5 Å². The molecule has 24 heavy (non-hydrogen) atoms. The second-order valence-electron chi connectivity index (χ2n) is 6.33. The number of halogens is 9. The molecular formula is C14H14F9N.